The van der Waals surface area contributed by atoms with Crippen LogP contribution in [0.2, 0.25) is 0 Å². The molecule has 0 atom stereocenters. The molecule has 0 aliphatic carbocycles. The maximum Gasteiger partial charge on any atom is 0.278 e. The quantitative estimate of drug-likeness (QED) is 0.444. The molecule has 8 nitrogen and oxygen atoms in total. The Labute approximate surface area is 119 Å². The van der Waals surface area contributed by atoms with Crippen LogP contribution < -0.4 is 5.32 Å². The summed E-state index contributed by atoms with van der Waals surface area (Å²) in [5, 5.41) is 42.2. The van der Waals surface area contributed by atoms with E-state index >= 15 is 0 Å². The maximum atomic E-state index is 11.0. The van der Waals surface area contributed by atoms with Crippen LogP contribution in [0.5, 0.6) is 0 Å². The number of aliphatic hydroxyl groups excluding tert-OH is 3. The average molecular weight is 293 g/mol. The number of nitro benzene ring substituents is 1. The first-order chi connectivity index (χ1) is 10.1. The van der Waals surface area contributed by atoms with E-state index in [0.29, 0.717) is 16.6 Å². The van der Waals surface area contributed by atoms with Gasteiger partial charge in [-0.1, -0.05) is 0 Å². The fourth-order valence-electron chi connectivity index (χ4n) is 1.97. The smallest absolute Gasteiger partial charge is 0.278 e. The standard InChI is InChI=1S/C13H15N3O5/c17-6-13(7-18,8-19)15-10-3-4-11(16(20)21)9-2-1-5-14-12(9)10/h1-5,15,17-19H,6-8H2. The van der Waals surface area contributed by atoms with Crippen LogP contribution in [0.3, 0.4) is 0 Å². The first kappa shape index (κ1) is 15.1. The molecule has 0 amide bonds. The summed E-state index contributed by atoms with van der Waals surface area (Å²) in [4.78, 5) is 14.6. The van der Waals surface area contributed by atoms with Gasteiger partial charge in [0.1, 0.15) is 11.1 Å². The number of hydrogen-bond donors (Lipinski definition) is 4. The molecule has 112 valence electrons. The maximum absolute atomic E-state index is 11.0. The number of nitrogens with one attached hydrogen (secondary N) is 1. The fraction of sp³-hybridized carbons (Fsp3) is 0.308. The van der Waals surface area contributed by atoms with Gasteiger partial charge in [-0.15, -0.1) is 0 Å². The number of pyridine rings is 1. The molecule has 0 saturated carbocycles. The van der Waals surface area contributed by atoms with Crippen LogP contribution in [-0.2, 0) is 0 Å². The van der Waals surface area contributed by atoms with E-state index in [0.717, 1.165) is 0 Å². The Bertz CT molecular complexity index is 649. The molecule has 4 N–H and O–H groups in total. The molecule has 21 heavy (non-hydrogen) atoms. The number of hydrogen-bond acceptors (Lipinski definition) is 7. The van der Waals surface area contributed by atoms with Gasteiger partial charge in [-0.05, 0) is 18.2 Å². The molecule has 0 unspecified atom stereocenters. The third-order valence-corrected chi connectivity index (χ3v) is 3.25. The van der Waals surface area contributed by atoms with Crippen molar-refractivity contribution in [1.29, 1.82) is 0 Å². The van der Waals surface area contributed by atoms with E-state index in [2.05, 4.69) is 10.3 Å². The number of non-ortho nitro benzene ring substituents is 1. The van der Waals surface area contributed by atoms with E-state index in [1.165, 1.54) is 18.3 Å². The Morgan fingerprint density at radius 3 is 2.43 bits per heavy atom. The molecule has 0 spiro atoms. The zero-order valence-electron chi connectivity index (χ0n) is 11.1. The summed E-state index contributed by atoms with van der Waals surface area (Å²) in [5.41, 5.74) is -0.716. The third kappa shape index (κ3) is 2.77. The van der Waals surface area contributed by atoms with Crippen LogP contribution in [0.4, 0.5) is 11.4 Å². The molecule has 1 heterocycles. The Hall–Kier alpha value is -2.29. The zero-order chi connectivity index (χ0) is 15.5. The molecule has 0 aliphatic heterocycles. The molecule has 2 aromatic rings. The molecule has 1 aromatic heterocycles. The van der Waals surface area contributed by atoms with Gasteiger partial charge in [0.25, 0.3) is 5.69 Å². The van der Waals surface area contributed by atoms with Gasteiger partial charge in [-0.2, -0.15) is 0 Å². The summed E-state index contributed by atoms with van der Waals surface area (Å²) < 4.78 is 0. The highest BCUT2D eigenvalue weighted by Gasteiger charge is 2.29. The number of benzene rings is 1. The van der Waals surface area contributed by atoms with Crippen LogP contribution in [0.25, 0.3) is 10.9 Å². The van der Waals surface area contributed by atoms with Crippen LogP contribution in [0.15, 0.2) is 30.5 Å². The largest absolute Gasteiger partial charge is 0.394 e. The highest BCUT2D eigenvalue weighted by atomic mass is 16.6. The van der Waals surface area contributed by atoms with Gasteiger partial charge in [0.05, 0.1) is 35.8 Å². The van der Waals surface area contributed by atoms with Gasteiger partial charge in [0.15, 0.2) is 0 Å². The van der Waals surface area contributed by atoms with Crippen molar-refractivity contribution < 1.29 is 20.2 Å². The molecule has 0 bridgehead atoms. The third-order valence-electron chi connectivity index (χ3n) is 3.25. The van der Waals surface area contributed by atoms with E-state index in [1.54, 1.807) is 12.1 Å². The molecular formula is C13H15N3O5. The second-order valence-electron chi connectivity index (χ2n) is 4.67. The van der Waals surface area contributed by atoms with Crippen LogP contribution in [0.1, 0.15) is 0 Å². The summed E-state index contributed by atoms with van der Waals surface area (Å²) in [5.74, 6) is 0. The summed E-state index contributed by atoms with van der Waals surface area (Å²) in [6.45, 7) is -1.53. The molecule has 8 heteroatoms. The van der Waals surface area contributed by atoms with Crippen molar-refractivity contribution >= 4 is 22.3 Å². The van der Waals surface area contributed by atoms with Crippen molar-refractivity contribution in [2.45, 2.75) is 5.54 Å². The van der Waals surface area contributed by atoms with E-state index in [9.17, 15) is 25.4 Å². The van der Waals surface area contributed by atoms with Crippen LogP contribution >= 0.6 is 0 Å². The molecule has 0 saturated heterocycles. The van der Waals surface area contributed by atoms with E-state index in [-0.39, 0.29) is 5.69 Å². The van der Waals surface area contributed by atoms with Crippen molar-refractivity contribution in [3.8, 4) is 0 Å². The van der Waals surface area contributed by atoms with Gasteiger partial charge in [-0.25, -0.2) is 0 Å². The minimum absolute atomic E-state index is 0.0914. The molecule has 2 rings (SSSR count). The fourth-order valence-corrected chi connectivity index (χ4v) is 1.97. The lowest BCUT2D eigenvalue weighted by Crippen LogP contribution is -2.49. The van der Waals surface area contributed by atoms with Gasteiger partial charge in [0, 0.05) is 12.3 Å². The lowest BCUT2D eigenvalue weighted by molar-refractivity contribution is -0.383. The SMILES string of the molecule is O=[N+]([O-])c1ccc(NC(CO)(CO)CO)c2ncccc12. The number of fused-ring (bicyclic) bond motifs is 1. The first-order valence-electron chi connectivity index (χ1n) is 6.20. The lowest BCUT2D eigenvalue weighted by Gasteiger charge is -2.30. The summed E-state index contributed by atoms with van der Waals surface area (Å²) in [6, 6.07) is 5.88. The van der Waals surface area contributed by atoms with Crippen LogP contribution in [-0.4, -0.2) is 50.6 Å². The Kier molecular flexibility index (Phi) is 4.32. The number of aliphatic hydroxyl groups is 3. The monoisotopic (exact) mass is 293 g/mol. The van der Waals surface area contributed by atoms with Gasteiger partial charge >= 0.3 is 0 Å². The topological polar surface area (TPSA) is 129 Å². The average Bonchev–Trinajstić information content (AvgIpc) is 2.52. The van der Waals surface area contributed by atoms with Crippen molar-refractivity contribution in [3.63, 3.8) is 0 Å². The first-order valence-corrected chi connectivity index (χ1v) is 6.20. The highest BCUT2D eigenvalue weighted by Crippen LogP contribution is 2.31. The van der Waals surface area contributed by atoms with E-state index in [4.69, 9.17) is 0 Å². The molecular weight excluding hydrogens is 278 g/mol. The normalized spacial score (nSPS) is 11.6. The minimum Gasteiger partial charge on any atom is -0.394 e. The summed E-state index contributed by atoms with van der Waals surface area (Å²) in [6.07, 6.45) is 1.48. The number of nitro groups is 1. The predicted molar refractivity (Wildman–Crippen MR) is 76.0 cm³/mol. The van der Waals surface area contributed by atoms with Crippen molar-refractivity contribution in [3.05, 3.63) is 40.6 Å². The van der Waals surface area contributed by atoms with Crippen LogP contribution in [0, 0.1) is 10.1 Å². The molecule has 0 aliphatic rings. The number of aromatic nitrogens is 1. The Balaban J connectivity index is 2.56. The Morgan fingerprint density at radius 1 is 1.19 bits per heavy atom. The van der Waals surface area contributed by atoms with E-state index < -0.39 is 30.3 Å². The number of nitrogens with zero attached hydrogens (tertiary/aromatic N) is 2. The van der Waals surface area contributed by atoms with Crippen molar-refractivity contribution in [1.82, 2.24) is 4.98 Å². The highest BCUT2D eigenvalue weighted by molar-refractivity contribution is 5.96. The summed E-state index contributed by atoms with van der Waals surface area (Å²) in [7, 11) is 0. The number of anilines is 1. The van der Waals surface area contributed by atoms with Gasteiger partial charge in [0.2, 0.25) is 0 Å². The second-order valence-corrected chi connectivity index (χ2v) is 4.67. The number of rotatable bonds is 6. The van der Waals surface area contributed by atoms with Gasteiger partial charge < -0.3 is 20.6 Å². The summed E-state index contributed by atoms with van der Waals surface area (Å²) >= 11 is 0. The molecule has 0 fully saturated rings. The molecule has 0 radical (unpaired) electrons. The van der Waals surface area contributed by atoms with Crippen molar-refractivity contribution in [2.75, 3.05) is 25.1 Å². The molecule has 1 aromatic carbocycles. The lowest BCUT2D eigenvalue weighted by atomic mass is 10.0. The Morgan fingerprint density at radius 2 is 1.86 bits per heavy atom. The van der Waals surface area contributed by atoms with Crippen molar-refractivity contribution in [2.24, 2.45) is 0 Å². The zero-order valence-corrected chi connectivity index (χ0v) is 11.1. The minimum atomic E-state index is -1.33. The second kappa shape index (κ2) is 6.00. The van der Waals surface area contributed by atoms with Gasteiger partial charge in [-0.3, -0.25) is 15.1 Å². The predicted octanol–water partition coefficient (Wildman–Crippen LogP) is 0.271. The van der Waals surface area contributed by atoms with E-state index in [1.807, 2.05) is 0 Å².